The van der Waals surface area contributed by atoms with Crippen LogP contribution in [0.1, 0.15) is 86.6 Å². The fourth-order valence-electron chi connectivity index (χ4n) is 2.57. The molecule has 0 saturated carbocycles. The molecule has 0 aliphatic heterocycles. The van der Waals surface area contributed by atoms with Crippen molar-refractivity contribution in [3.63, 3.8) is 0 Å². The van der Waals surface area contributed by atoms with Gasteiger partial charge in [0, 0.05) is 18.0 Å². The summed E-state index contributed by atoms with van der Waals surface area (Å²) in [4.78, 5) is 20.9. The maximum absolute atomic E-state index is 10.6. The van der Waals surface area contributed by atoms with E-state index in [9.17, 15) is 19.8 Å². The fraction of sp³-hybridized carbons (Fsp3) is 0.524. The third kappa shape index (κ3) is 16.4. The zero-order valence-electron chi connectivity index (χ0n) is 16.7. The van der Waals surface area contributed by atoms with Gasteiger partial charge < -0.3 is 19.8 Å². The molecule has 27 heavy (non-hydrogen) atoms. The minimum absolute atomic E-state index is 0. The summed E-state index contributed by atoms with van der Waals surface area (Å²) in [5, 5.41) is 20.9. The quantitative estimate of drug-likeness (QED) is 0.211. The van der Waals surface area contributed by atoms with E-state index in [2.05, 4.69) is 11.8 Å². The van der Waals surface area contributed by atoms with Crippen molar-refractivity contribution in [2.75, 3.05) is 0 Å². The first-order valence-corrected chi connectivity index (χ1v) is 9.09. The Bertz CT molecular complexity index is 588. The van der Waals surface area contributed by atoms with Gasteiger partial charge in [0.15, 0.2) is 0 Å². The van der Waals surface area contributed by atoms with Gasteiger partial charge in [-0.15, -0.1) is 0 Å². The first-order valence-electron chi connectivity index (χ1n) is 9.09. The number of rotatable bonds is 12. The standard InChI is InChI=1S/C21H28O4.2Na/c22-20(23)13-11-9-7-5-3-1-2-4-6-8-10-12-18-14-16-19(17-15-18)21(24)25;;/h14-17H,1-9,11,13H2,(H,22,23)(H,24,25);;/q;2*+1/p-2. The Labute approximate surface area is 207 Å². The number of hydrogen-bond donors (Lipinski definition) is 0. The Kier molecular flexibility index (Phi) is 20.4. The molecule has 0 heterocycles. The van der Waals surface area contributed by atoms with Crippen molar-refractivity contribution >= 4 is 11.9 Å². The smallest absolute Gasteiger partial charge is 0.550 e. The summed E-state index contributed by atoms with van der Waals surface area (Å²) in [6.45, 7) is 0. The number of carboxylic acid groups (broad SMARTS) is 2. The topological polar surface area (TPSA) is 80.3 Å². The second-order valence-corrected chi connectivity index (χ2v) is 6.22. The van der Waals surface area contributed by atoms with Crippen molar-refractivity contribution in [3.05, 3.63) is 35.4 Å². The van der Waals surface area contributed by atoms with Crippen LogP contribution in [0, 0.1) is 11.8 Å². The average molecular weight is 388 g/mol. The van der Waals surface area contributed by atoms with Gasteiger partial charge in [-0.3, -0.25) is 0 Å². The molecule has 0 radical (unpaired) electrons. The molecule has 6 heteroatoms. The van der Waals surface area contributed by atoms with Gasteiger partial charge in [0.2, 0.25) is 0 Å². The van der Waals surface area contributed by atoms with Crippen LogP contribution in [0.25, 0.3) is 0 Å². The van der Waals surface area contributed by atoms with Gasteiger partial charge >= 0.3 is 59.1 Å². The molecule has 136 valence electrons. The molecule has 0 aliphatic rings. The summed E-state index contributed by atoms with van der Waals surface area (Å²) in [5.74, 6) is 4.04. The van der Waals surface area contributed by atoms with Crippen LogP contribution in [0.4, 0.5) is 0 Å². The Morgan fingerprint density at radius 2 is 1.22 bits per heavy atom. The predicted molar refractivity (Wildman–Crippen MR) is 93.4 cm³/mol. The van der Waals surface area contributed by atoms with Crippen molar-refractivity contribution in [2.45, 2.75) is 70.6 Å². The number of aliphatic carboxylic acids is 1. The van der Waals surface area contributed by atoms with Crippen LogP contribution in [0.3, 0.4) is 0 Å². The van der Waals surface area contributed by atoms with Crippen molar-refractivity contribution in [1.29, 1.82) is 0 Å². The summed E-state index contributed by atoms with van der Waals surface area (Å²) in [6.07, 6.45) is 10.9. The summed E-state index contributed by atoms with van der Waals surface area (Å²) in [6, 6.07) is 6.42. The van der Waals surface area contributed by atoms with Crippen LogP contribution in [-0.4, -0.2) is 11.9 Å². The van der Waals surface area contributed by atoms with E-state index in [1.807, 2.05) is 0 Å². The normalized spacial score (nSPS) is 9.33. The Morgan fingerprint density at radius 1 is 0.741 bits per heavy atom. The summed E-state index contributed by atoms with van der Waals surface area (Å²) in [7, 11) is 0. The van der Waals surface area contributed by atoms with E-state index in [1.165, 1.54) is 44.2 Å². The number of carboxylic acids is 2. The van der Waals surface area contributed by atoms with E-state index >= 15 is 0 Å². The molecule has 0 amide bonds. The maximum atomic E-state index is 10.6. The largest absolute Gasteiger partial charge is 1.00 e. The van der Waals surface area contributed by atoms with Crippen LogP contribution in [0.15, 0.2) is 24.3 Å². The van der Waals surface area contributed by atoms with Crippen molar-refractivity contribution in [1.82, 2.24) is 0 Å². The van der Waals surface area contributed by atoms with Gasteiger partial charge in [-0.1, -0.05) is 68.9 Å². The number of benzene rings is 1. The molecule has 0 aliphatic carbocycles. The third-order valence-corrected chi connectivity index (χ3v) is 4.04. The third-order valence-electron chi connectivity index (χ3n) is 4.04. The molecule has 0 N–H and O–H groups in total. The second kappa shape index (κ2) is 19.1. The summed E-state index contributed by atoms with van der Waals surface area (Å²) in [5.41, 5.74) is 0.994. The van der Waals surface area contributed by atoms with Crippen molar-refractivity contribution in [3.8, 4) is 11.8 Å². The summed E-state index contributed by atoms with van der Waals surface area (Å²) >= 11 is 0. The van der Waals surface area contributed by atoms with Crippen LogP contribution < -0.4 is 69.3 Å². The molecular formula is C21H26Na2O4. The molecule has 0 aromatic heterocycles. The first-order chi connectivity index (χ1) is 12.1. The monoisotopic (exact) mass is 388 g/mol. The van der Waals surface area contributed by atoms with Gasteiger partial charge in [-0.05, 0) is 37.0 Å². The molecule has 0 bridgehead atoms. The number of carbonyl (C=O) groups excluding carboxylic acids is 2. The molecule has 0 unspecified atom stereocenters. The van der Waals surface area contributed by atoms with E-state index < -0.39 is 11.9 Å². The van der Waals surface area contributed by atoms with Crippen LogP contribution >= 0.6 is 0 Å². The van der Waals surface area contributed by atoms with E-state index in [0.29, 0.717) is 0 Å². The fourth-order valence-corrected chi connectivity index (χ4v) is 2.57. The van der Waals surface area contributed by atoms with Crippen LogP contribution in [-0.2, 0) is 4.79 Å². The average Bonchev–Trinajstić information content (AvgIpc) is 2.59. The van der Waals surface area contributed by atoms with Gasteiger partial charge in [0.25, 0.3) is 0 Å². The van der Waals surface area contributed by atoms with Gasteiger partial charge in [0.05, 0.1) is 5.97 Å². The van der Waals surface area contributed by atoms with E-state index in [0.717, 1.165) is 37.7 Å². The maximum Gasteiger partial charge on any atom is 1.00 e. The molecule has 1 aromatic carbocycles. The number of aromatic carboxylic acids is 1. The van der Waals surface area contributed by atoms with Crippen LogP contribution in [0.5, 0.6) is 0 Å². The second-order valence-electron chi connectivity index (χ2n) is 6.22. The zero-order chi connectivity index (χ0) is 18.3. The Balaban J connectivity index is 0. The van der Waals surface area contributed by atoms with Crippen LogP contribution in [0.2, 0.25) is 0 Å². The number of carbonyl (C=O) groups is 2. The Hall–Kier alpha value is -0.280. The minimum Gasteiger partial charge on any atom is -0.550 e. The van der Waals surface area contributed by atoms with E-state index in [-0.39, 0.29) is 71.1 Å². The minimum atomic E-state index is -1.17. The predicted octanol–water partition coefficient (Wildman–Crippen LogP) is -3.55. The molecule has 1 aromatic rings. The van der Waals surface area contributed by atoms with E-state index in [4.69, 9.17) is 0 Å². The number of unbranched alkanes of at least 4 members (excludes halogenated alkanes) is 9. The molecule has 0 spiro atoms. The van der Waals surface area contributed by atoms with Crippen molar-refractivity contribution < 1.29 is 78.9 Å². The molecule has 0 saturated heterocycles. The summed E-state index contributed by atoms with van der Waals surface area (Å²) < 4.78 is 0. The van der Waals surface area contributed by atoms with Crippen molar-refractivity contribution in [2.24, 2.45) is 0 Å². The molecule has 1 rings (SSSR count). The van der Waals surface area contributed by atoms with Gasteiger partial charge in [-0.2, -0.15) is 0 Å². The molecule has 0 atom stereocenters. The molecule has 0 fully saturated rings. The molecule has 4 nitrogen and oxygen atoms in total. The van der Waals surface area contributed by atoms with Gasteiger partial charge in [0.1, 0.15) is 0 Å². The van der Waals surface area contributed by atoms with E-state index in [1.54, 1.807) is 12.1 Å². The first kappa shape index (κ1) is 28.9. The zero-order valence-corrected chi connectivity index (χ0v) is 20.7. The van der Waals surface area contributed by atoms with Gasteiger partial charge in [-0.25, -0.2) is 0 Å². The number of hydrogen-bond acceptors (Lipinski definition) is 4. The molecular weight excluding hydrogens is 362 g/mol. The SMILES string of the molecule is O=C([O-])CCCCCCCCCCCC#Cc1ccc(C(=O)[O-])cc1.[Na+].[Na+]. The Morgan fingerprint density at radius 3 is 1.70 bits per heavy atom.